The van der Waals surface area contributed by atoms with E-state index in [9.17, 15) is 9.18 Å². The molecule has 0 atom stereocenters. The summed E-state index contributed by atoms with van der Waals surface area (Å²) < 4.78 is 13.6. The molecule has 1 aromatic heterocycles. The number of carbonyl (C=O) groups is 1. The van der Waals surface area contributed by atoms with Gasteiger partial charge in [-0.3, -0.25) is 4.79 Å². The smallest absolute Gasteiger partial charge is 0.241 e. The van der Waals surface area contributed by atoms with Crippen LogP contribution >= 0.6 is 0 Å². The molecule has 0 bridgehead atoms. The van der Waals surface area contributed by atoms with Crippen molar-refractivity contribution < 1.29 is 9.18 Å². The number of hydrogen-bond acceptors (Lipinski definition) is 5. The Labute approximate surface area is 117 Å². The zero-order chi connectivity index (χ0) is 14.4. The molecule has 7 heteroatoms. The first-order chi connectivity index (χ1) is 9.70. The largest absolute Gasteiger partial charge is 0.358 e. The Morgan fingerprint density at radius 1 is 1.40 bits per heavy atom. The molecular formula is C13H20FN5O. The second-order valence-electron chi connectivity index (χ2n) is 4.76. The third-order valence-electron chi connectivity index (χ3n) is 3.14. The van der Waals surface area contributed by atoms with Crippen LogP contribution in [0.25, 0.3) is 0 Å². The maximum absolute atomic E-state index is 13.6. The number of halogens is 1. The molecule has 0 unspecified atom stereocenters. The van der Waals surface area contributed by atoms with E-state index in [1.165, 1.54) is 0 Å². The Morgan fingerprint density at radius 3 is 2.85 bits per heavy atom. The van der Waals surface area contributed by atoms with Crippen LogP contribution in [0.1, 0.15) is 26.2 Å². The number of hydrogen-bond donors (Lipinski definition) is 2. The van der Waals surface area contributed by atoms with E-state index in [0.717, 1.165) is 45.1 Å². The minimum atomic E-state index is -0.554. The van der Waals surface area contributed by atoms with Crippen molar-refractivity contribution in [2.45, 2.75) is 26.2 Å². The minimum Gasteiger partial charge on any atom is -0.358 e. The first-order valence-electron chi connectivity index (χ1n) is 6.98. The molecule has 2 N–H and O–H groups in total. The molecule has 1 amide bonds. The van der Waals surface area contributed by atoms with Crippen molar-refractivity contribution >= 4 is 17.7 Å². The van der Waals surface area contributed by atoms with Gasteiger partial charge in [-0.05, 0) is 19.3 Å². The van der Waals surface area contributed by atoms with Crippen LogP contribution < -0.4 is 10.6 Å². The lowest BCUT2D eigenvalue weighted by Crippen LogP contribution is -2.33. The van der Waals surface area contributed by atoms with Crippen molar-refractivity contribution in [3.8, 4) is 0 Å². The summed E-state index contributed by atoms with van der Waals surface area (Å²) in [4.78, 5) is 21.5. The van der Waals surface area contributed by atoms with Crippen LogP contribution in [0, 0.1) is 5.82 Å². The summed E-state index contributed by atoms with van der Waals surface area (Å²) in [6, 6.07) is 0. The van der Waals surface area contributed by atoms with Gasteiger partial charge in [0, 0.05) is 19.6 Å². The highest BCUT2D eigenvalue weighted by Crippen LogP contribution is 2.12. The summed E-state index contributed by atoms with van der Waals surface area (Å²) in [5.74, 6) is -0.152. The Hall–Kier alpha value is -1.92. The van der Waals surface area contributed by atoms with Crippen molar-refractivity contribution in [1.29, 1.82) is 0 Å². The SMILES string of the molecule is CCCNc1ncc(F)c(NCC(=O)N2CCCC2)n1. The van der Waals surface area contributed by atoms with Gasteiger partial charge in [0.2, 0.25) is 11.9 Å². The summed E-state index contributed by atoms with van der Waals surface area (Å²) in [6.45, 7) is 4.37. The van der Waals surface area contributed by atoms with Crippen LogP contribution in [0.4, 0.5) is 16.2 Å². The lowest BCUT2D eigenvalue weighted by molar-refractivity contribution is -0.128. The quantitative estimate of drug-likeness (QED) is 0.826. The first-order valence-corrected chi connectivity index (χ1v) is 6.98. The van der Waals surface area contributed by atoms with Crippen molar-refractivity contribution in [1.82, 2.24) is 14.9 Å². The number of anilines is 2. The van der Waals surface area contributed by atoms with Gasteiger partial charge in [-0.1, -0.05) is 6.92 Å². The predicted octanol–water partition coefficient (Wildman–Crippen LogP) is 1.47. The van der Waals surface area contributed by atoms with Crippen LogP contribution in [-0.4, -0.2) is 47.0 Å². The lowest BCUT2D eigenvalue weighted by atomic mass is 10.4. The van der Waals surface area contributed by atoms with Gasteiger partial charge in [-0.15, -0.1) is 0 Å². The van der Waals surface area contributed by atoms with Crippen LogP contribution in [0.5, 0.6) is 0 Å². The van der Waals surface area contributed by atoms with E-state index in [2.05, 4.69) is 20.6 Å². The van der Waals surface area contributed by atoms with E-state index in [0.29, 0.717) is 5.95 Å². The molecule has 20 heavy (non-hydrogen) atoms. The van der Waals surface area contributed by atoms with Gasteiger partial charge in [0.05, 0.1) is 12.7 Å². The summed E-state index contributed by atoms with van der Waals surface area (Å²) in [5.41, 5.74) is 0. The number of nitrogens with zero attached hydrogens (tertiary/aromatic N) is 3. The molecule has 1 saturated heterocycles. The van der Waals surface area contributed by atoms with Crippen molar-refractivity contribution in [3.05, 3.63) is 12.0 Å². The number of carbonyl (C=O) groups excluding carboxylic acids is 1. The topological polar surface area (TPSA) is 70.2 Å². The molecule has 1 fully saturated rings. The summed E-state index contributed by atoms with van der Waals surface area (Å²) >= 11 is 0. The third kappa shape index (κ3) is 3.79. The zero-order valence-electron chi connectivity index (χ0n) is 11.7. The van der Waals surface area contributed by atoms with Gasteiger partial charge in [-0.25, -0.2) is 9.37 Å². The highest BCUT2D eigenvalue weighted by molar-refractivity contribution is 5.80. The fraction of sp³-hybridized carbons (Fsp3) is 0.615. The van der Waals surface area contributed by atoms with Gasteiger partial charge < -0.3 is 15.5 Å². The van der Waals surface area contributed by atoms with Gasteiger partial charge in [0.15, 0.2) is 11.6 Å². The first kappa shape index (κ1) is 14.5. The van der Waals surface area contributed by atoms with Crippen LogP contribution in [0.15, 0.2) is 6.20 Å². The van der Waals surface area contributed by atoms with Crippen molar-refractivity contribution in [2.24, 2.45) is 0 Å². The number of likely N-dealkylation sites (tertiary alicyclic amines) is 1. The number of amides is 1. The summed E-state index contributed by atoms with van der Waals surface area (Å²) in [7, 11) is 0. The number of rotatable bonds is 6. The van der Waals surface area contributed by atoms with Gasteiger partial charge in [0.1, 0.15) is 0 Å². The zero-order valence-corrected chi connectivity index (χ0v) is 11.7. The molecule has 110 valence electrons. The maximum atomic E-state index is 13.6. The fourth-order valence-electron chi connectivity index (χ4n) is 2.05. The monoisotopic (exact) mass is 281 g/mol. The van der Waals surface area contributed by atoms with Crippen molar-refractivity contribution in [3.63, 3.8) is 0 Å². The Bertz CT molecular complexity index is 462. The Kier molecular flexibility index (Phi) is 5.09. The van der Waals surface area contributed by atoms with Crippen LogP contribution in [0.2, 0.25) is 0 Å². The molecule has 1 aromatic rings. The van der Waals surface area contributed by atoms with E-state index in [4.69, 9.17) is 0 Å². The molecule has 1 aliphatic heterocycles. The minimum absolute atomic E-state index is 0.0245. The van der Waals surface area contributed by atoms with E-state index in [1.807, 2.05) is 6.92 Å². The second kappa shape index (κ2) is 7.02. The highest BCUT2D eigenvalue weighted by atomic mass is 19.1. The van der Waals surface area contributed by atoms with Gasteiger partial charge in [-0.2, -0.15) is 4.98 Å². The van der Waals surface area contributed by atoms with Gasteiger partial charge >= 0.3 is 0 Å². The lowest BCUT2D eigenvalue weighted by Gasteiger charge is -2.16. The molecule has 0 aliphatic carbocycles. The molecule has 0 radical (unpaired) electrons. The average Bonchev–Trinajstić information content (AvgIpc) is 2.99. The molecule has 0 spiro atoms. The summed E-state index contributed by atoms with van der Waals surface area (Å²) in [5, 5.41) is 5.73. The van der Waals surface area contributed by atoms with E-state index < -0.39 is 5.82 Å². The second-order valence-corrected chi connectivity index (χ2v) is 4.76. The number of nitrogens with one attached hydrogen (secondary N) is 2. The third-order valence-corrected chi connectivity index (χ3v) is 3.14. The summed E-state index contributed by atoms with van der Waals surface area (Å²) in [6.07, 6.45) is 4.11. The molecule has 0 aromatic carbocycles. The molecule has 2 heterocycles. The van der Waals surface area contributed by atoms with E-state index in [-0.39, 0.29) is 18.3 Å². The molecule has 2 rings (SSSR count). The number of aromatic nitrogens is 2. The van der Waals surface area contributed by atoms with E-state index >= 15 is 0 Å². The standard InChI is InChI=1S/C13H20FN5O/c1-2-5-15-13-17-8-10(14)12(18-13)16-9-11(20)19-6-3-4-7-19/h8H,2-7,9H2,1H3,(H2,15,16,17,18). The fourth-order valence-corrected chi connectivity index (χ4v) is 2.05. The average molecular weight is 281 g/mol. The Balaban J connectivity index is 1.92. The predicted molar refractivity (Wildman–Crippen MR) is 75.1 cm³/mol. The van der Waals surface area contributed by atoms with Crippen molar-refractivity contribution in [2.75, 3.05) is 36.8 Å². The molecular weight excluding hydrogens is 261 g/mol. The molecule has 6 nitrogen and oxygen atoms in total. The van der Waals surface area contributed by atoms with Gasteiger partial charge in [0.25, 0.3) is 0 Å². The highest BCUT2D eigenvalue weighted by Gasteiger charge is 2.18. The van der Waals surface area contributed by atoms with Crippen LogP contribution in [-0.2, 0) is 4.79 Å². The Morgan fingerprint density at radius 2 is 2.15 bits per heavy atom. The normalized spacial score (nSPS) is 14.4. The molecule has 1 aliphatic rings. The maximum Gasteiger partial charge on any atom is 0.241 e. The molecule has 0 saturated carbocycles. The van der Waals surface area contributed by atoms with Crippen LogP contribution in [0.3, 0.4) is 0 Å². The van der Waals surface area contributed by atoms with E-state index in [1.54, 1.807) is 4.90 Å².